The number of nitrogens with zero attached hydrogens (tertiary/aromatic N) is 4. The van der Waals surface area contributed by atoms with Crippen LogP contribution in [0.4, 0.5) is 11.4 Å². The molecule has 3 saturated heterocycles. The summed E-state index contributed by atoms with van der Waals surface area (Å²) in [7, 11) is 1.69. The van der Waals surface area contributed by atoms with Crippen LogP contribution in [0.5, 0.6) is 0 Å². The first-order chi connectivity index (χ1) is 19.1. The number of likely N-dealkylation sites (N-methyl/N-ethyl adjacent to an activating group) is 1. The van der Waals surface area contributed by atoms with Crippen molar-refractivity contribution in [2.45, 2.75) is 51.4 Å². The lowest BCUT2D eigenvalue weighted by molar-refractivity contribution is -0.150. The van der Waals surface area contributed by atoms with Gasteiger partial charge in [-0.05, 0) is 57.4 Å². The van der Waals surface area contributed by atoms with Crippen LogP contribution in [0.1, 0.15) is 34.1 Å². The molecule has 1 aromatic carbocycles. The first-order valence-electron chi connectivity index (χ1n) is 14.3. The second kappa shape index (κ2) is 11.4. The number of carbonyl (C=O) groups is 3. The molecule has 3 fully saturated rings. The molecule has 218 valence electrons. The first kappa shape index (κ1) is 29.8. The summed E-state index contributed by atoms with van der Waals surface area (Å²) in [5, 5.41) is 9.93. The second-order valence-corrected chi connectivity index (χ2v) is 11.4. The Kier molecular flexibility index (Phi) is 8.47. The van der Waals surface area contributed by atoms with Crippen molar-refractivity contribution >= 4 is 29.1 Å². The van der Waals surface area contributed by atoms with E-state index in [-0.39, 0.29) is 43.3 Å². The van der Waals surface area contributed by atoms with E-state index < -0.39 is 29.1 Å². The normalized spacial score (nSPS) is 30.2. The number of aliphatic hydroxyl groups excluding tert-OH is 1. The Morgan fingerprint density at radius 1 is 1.10 bits per heavy atom. The number of ether oxygens (including phenoxy) is 1. The predicted molar refractivity (Wildman–Crippen MR) is 156 cm³/mol. The van der Waals surface area contributed by atoms with Crippen molar-refractivity contribution in [3.63, 3.8) is 0 Å². The number of rotatable bonds is 12. The average Bonchev–Trinajstić information content (AvgIpc) is 3.44. The van der Waals surface area contributed by atoms with Gasteiger partial charge in [0.25, 0.3) is 5.91 Å². The van der Waals surface area contributed by atoms with E-state index in [1.807, 2.05) is 38.1 Å². The summed E-state index contributed by atoms with van der Waals surface area (Å²) >= 11 is 0. The van der Waals surface area contributed by atoms with Crippen molar-refractivity contribution in [1.82, 2.24) is 9.80 Å². The Morgan fingerprint density at radius 3 is 2.25 bits per heavy atom. The van der Waals surface area contributed by atoms with Crippen LogP contribution in [0.3, 0.4) is 0 Å². The minimum Gasteiger partial charge on any atom is -0.395 e. The fourth-order valence-corrected chi connectivity index (χ4v) is 7.29. The number of anilines is 2. The third-order valence-electron chi connectivity index (χ3n) is 9.30. The van der Waals surface area contributed by atoms with Crippen LogP contribution >= 0.6 is 0 Å². The second-order valence-electron chi connectivity index (χ2n) is 11.4. The van der Waals surface area contributed by atoms with Crippen molar-refractivity contribution < 1.29 is 24.2 Å². The van der Waals surface area contributed by atoms with Gasteiger partial charge in [-0.1, -0.05) is 19.1 Å². The van der Waals surface area contributed by atoms with Gasteiger partial charge in [0.05, 0.1) is 24.0 Å². The maximum Gasteiger partial charge on any atom is 0.253 e. The lowest BCUT2D eigenvalue weighted by atomic mass is 9.62. The Bertz CT molecular complexity index is 1150. The van der Waals surface area contributed by atoms with Gasteiger partial charge in [0, 0.05) is 51.1 Å². The van der Waals surface area contributed by atoms with Gasteiger partial charge in [-0.3, -0.25) is 14.4 Å². The van der Waals surface area contributed by atoms with E-state index >= 15 is 0 Å². The monoisotopic (exact) mass is 552 g/mol. The van der Waals surface area contributed by atoms with Gasteiger partial charge in [0.2, 0.25) is 11.8 Å². The number of likely N-dealkylation sites (tertiary alicyclic amines) is 1. The Balaban J connectivity index is 1.78. The van der Waals surface area contributed by atoms with Crippen LogP contribution in [0.2, 0.25) is 0 Å². The summed E-state index contributed by atoms with van der Waals surface area (Å²) < 4.78 is 6.77. The van der Waals surface area contributed by atoms with Crippen LogP contribution in [0.25, 0.3) is 0 Å². The van der Waals surface area contributed by atoms with Crippen LogP contribution in [0, 0.1) is 17.8 Å². The van der Waals surface area contributed by atoms with E-state index in [2.05, 4.69) is 31.9 Å². The van der Waals surface area contributed by atoms with Crippen LogP contribution in [-0.2, 0) is 19.1 Å². The molecule has 0 saturated carbocycles. The number of amides is 3. The zero-order valence-corrected chi connectivity index (χ0v) is 24.5. The van der Waals surface area contributed by atoms with Crippen molar-refractivity contribution in [2.75, 3.05) is 56.2 Å². The van der Waals surface area contributed by atoms with Crippen LogP contribution < -0.4 is 9.80 Å². The summed E-state index contributed by atoms with van der Waals surface area (Å²) in [4.78, 5) is 49.2. The quantitative estimate of drug-likeness (QED) is 0.401. The summed E-state index contributed by atoms with van der Waals surface area (Å²) in [5.41, 5.74) is -0.332. The van der Waals surface area contributed by atoms with E-state index in [4.69, 9.17) is 4.74 Å². The number of fused-ring (bicyclic) bond motifs is 1. The highest BCUT2D eigenvalue weighted by atomic mass is 16.5. The average molecular weight is 553 g/mol. The maximum absolute atomic E-state index is 14.6. The fourth-order valence-electron chi connectivity index (χ4n) is 7.29. The zero-order valence-electron chi connectivity index (χ0n) is 24.5. The molecule has 3 unspecified atom stereocenters. The van der Waals surface area contributed by atoms with E-state index in [1.165, 1.54) is 4.90 Å². The fraction of sp³-hybridized carbons (Fsp3) is 0.581. The maximum atomic E-state index is 14.6. The predicted octanol–water partition coefficient (Wildman–Crippen LogP) is 2.70. The van der Waals surface area contributed by atoms with Crippen LogP contribution in [0.15, 0.2) is 49.6 Å². The zero-order chi connectivity index (χ0) is 29.4. The summed E-state index contributed by atoms with van der Waals surface area (Å²) in [6.07, 6.45) is 3.77. The highest BCUT2D eigenvalue weighted by Gasteiger charge is 2.80. The third-order valence-corrected chi connectivity index (χ3v) is 9.30. The lowest BCUT2D eigenvalue weighted by Crippen LogP contribution is -2.57. The largest absolute Gasteiger partial charge is 0.395 e. The molecule has 40 heavy (non-hydrogen) atoms. The van der Waals surface area contributed by atoms with E-state index in [0.29, 0.717) is 18.7 Å². The smallest absolute Gasteiger partial charge is 0.253 e. The molecule has 6 atom stereocenters. The third kappa shape index (κ3) is 4.43. The van der Waals surface area contributed by atoms with Gasteiger partial charge < -0.3 is 29.4 Å². The number of benzene rings is 1. The highest BCUT2D eigenvalue weighted by Crippen LogP contribution is 2.65. The van der Waals surface area contributed by atoms with E-state index in [0.717, 1.165) is 18.8 Å². The van der Waals surface area contributed by atoms with Crippen molar-refractivity contribution in [3.8, 4) is 0 Å². The van der Waals surface area contributed by atoms with Crippen molar-refractivity contribution in [1.29, 1.82) is 0 Å². The van der Waals surface area contributed by atoms with Gasteiger partial charge in [-0.2, -0.15) is 0 Å². The Labute approximate surface area is 238 Å². The molecular formula is C31H44N4O5. The van der Waals surface area contributed by atoms with Gasteiger partial charge in [0.15, 0.2) is 0 Å². The highest BCUT2D eigenvalue weighted by molar-refractivity contribution is 6.05. The molecule has 3 aliphatic heterocycles. The first-order valence-corrected chi connectivity index (χ1v) is 14.3. The Hall–Kier alpha value is -3.17. The molecule has 0 aromatic heterocycles. The van der Waals surface area contributed by atoms with Crippen LogP contribution in [-0.4, -0.2) is 96.3 Å². The number of hydrogen-bond acceptors (Lipinski definition) is 6. The summed E-state index contributed by atoms with van der Waals surface area (Å²) in [6, 6.07) is 6.81. The summed E-state index contributed by atoms with van der Waals surface area (Å²) in [5.74, 6) is -2.43. The number of hydrogen-bond donors (Lipinski definition) is 1. The van der Waals surface area contributed by atoms with Crippen molar-refractivity contribution in [3.05, 3.63) is 49.6 Å². The van der Waals surface area contributed by atoms with Gasteiger partial charge >= 0.3 is 0 Å². The molecule has 9 nitrogen and oxygen atoms in total. The van der Waals surface area contributed by atoms with Crippen molar-refractivity contribution in [2.24, 2.45) is 17.8 Å². The molecule has 1 aromatic rings. The molecule has 1 N–H and O–H groups in total. The molecule has 4 rings (SSSR count). The standard InChI is InChI=1S/C31H44N4O5/c1-8-16-32(7)27(37)24-25-28(38)35(18-19-36)26(31(25)20-21(5)30(24,6)40-31)29(39)34(17-9-2)23-14-12-22(13-15-23)33(10-3)11-4/h8-9,12-15,21,24-26,36H,1-2,10-11,16-20H2,3-7H3/t21?,24-,25+,26?,30+,31?/m1/s1. The molecule has 2 bridgehead atoms. The molecular weight excluding hydrogens is 508 g/mol. The molecule has 3 amide bonds. The molecule has 1 spiro atoms. The SMILES string of the molecule is C=CCN(C)C(=O)[C@H]1[C@H]2C(=O)N(CCO)C(C(=O)N(CC=C)c3ccc(N(CC)CC)cc3)C23CC(C)[C@]1(C)O3. The molecule has 9 heteroatoms. The lowest BCUT2D eigenvalue weighted by Gasteiger charge is -2.38. The van der Waals surface area contributed by atoms with Gasteiger partial charge in [-0.25, -0.2) is 0 Å². The van der Waals surface area contributed by atoms with Gasteiger partial charge in [-0.15, -0.1) is 13.2 Å². The minimum atomic E-state index is -1.17. The minimum absolute atomic E-state index is 0.0197. The number of β-amino-alcohol motifs (C(OH)–C–C–N with tert-alkyl or cyclic N) is 1. The molecule has 0 aliphatic carbocycles. The van der Waals surface area contributed by atoms with E-state index in [1.54, 1.807) is 29.0 Å². The topological polar surface area (TPSA) is 93.6 Å². The molecule has 3 heterocycles. The molecule has 0 radical (unpaired) electrons. The summed E-state index contributed by atoms with van der Waals surface area (Å²) in [6.45, 7) is 17.7. The van der Waals surface area contributed by atoms with Gasteiger partial charge in [0.1, 0.15) is 11.6 Å². The Morgan fingerprint density at radius 2 is 1.70 bits per heavy atom. The molecule has 3 aliphatic rings. The number of aliphatic hydroxyl groups is 1. The van der Waals surface area contributed by atoms with E-state index in [9.17, 15) is 19.5 Å². The number of carbonyl (C=O) groups excluding carboxylic acids is 3.